The fourth-order valence-electron chi connectivity index (χ4n) is 4.19. The maximum Gasteiger partial charge on any atom is 0.490 e. The molecule has 2 aliphatic rings. The number of piperidine rings is 1. The first-order valence-electron chi connectivity index (χ1n) is 11.8. The van der Waals surface area contributed by atoms with Gasteiger partial charge in [0.25, 0.3) is 11.8 Å². The van der Waals surface area contributed by atoms with Crippen LogP contribution in [0.4, 0.5) is 13.2 Å². The number of aliphatic carboxylic acids is 1. The molecule has 2 aliphatic heterocycles. The van der Waals surface area contributed by atoms with Crippen LogP contribution in [0.25, 0.3) is 0 Å². The van der Waals surface area contributed by atoms with E-state index in [1.165, 1.54) is 11.1 Å². The van der Waals surface area contributed by atoms with E-state index < -0.39 is 12.1 Å². The number of aryl methyl sites for hydroxylation is 1. The maximum absolute atomic E-state index is 12.7. The molecule has 1 fully saturated rings. The number of hydrogen-bond donors (Lipinski definition) is 3. The van der Waals surface area contributed by atoms with Crippen LogP contribution in [-0.2, 0) is 17.8 Å². The highest BCUT2D eigenvalue weighted by Crippen LogP contribution is 2.20. The number of fused-ring (bicyclic) bond motifs is 1. The van der Waals surface area contributed by atoms with Crippen LogP contribution in [0.2, 0.25) is 0 Å². The number of amides is 2. The van der Waals surface area contributed by atoms with Gasteiger partial charge in [-0.25, -0.2) is 4.79 Å². The Kier molecular flexibility index (Phi) is 8.73. The third-order valence-corrected chi connectivity index (χ3v) is 6.29. The van der Waals surface area contributed by atoms with E-state index in [2.05, 4.69) is 23.6 Å². The molecule has 3 N–H and O–H groups in total. The van der Waals surface area contributed by atoms with Crippen molar-refractivity contribution in [2.75, 3.05) is 13.1 Å². The molecule has 1 atom stereocenters. The van der Waals surface area contributed by atoms with Gasteiger partial charge in [0, 0.05) is 42.8 Å². The lowest BCUT2D eigenvalue weighted by molar-refractivity contribution is -0.192. The first-order valence-corrected chi connectivity index (χ1v) is 11.8. The molecule has 1 saturated heterocycles. The first-order chi connectivity index (χ1) is 16.9. The summed E-state index contributed by atoms with van der Waals surface area (Å²) < 4.78 is 31.7. The highest BCUT2D eigenvalue weighted by atomic mass is 19.4. The SMILES string of the molecule is Cc1ccc(C(=O)N2CCC(NC(=O)c3ccc4c(c3)CC(C)NC4)CC2)cc1.O=C(O)C(F)(F)F. The van der Waals surface area contributed by atoms with E-state index in [4.69, 9.17) is 9.90 Å². The Morgan fingerprint density at radius 2 is 1.58 bits per heavy atom. The number of carboxylic acids is 1. The van der Waals surface area contributed by atoms with E-state index in [-0.39, 0.29) is 17.9 Å². The quantitative estimate of drug-likeness (QED) is 0.591. The average molecular weight is 506 g/mol. The molecule has 0 aromatic heterocycles. The van der Waals surface area contributed by atoms with E-state index in [9.17, 15) is 22.8 Å². The Balaban J connectivity index is 0.000000454. The number of halogens is 3. The van der Waals surface area contributed by atoms with Crippen LogP contribution in [0, 0.1) is 6.92 Å². The van der Waals surface area contributed by atoms with E-state index >= 15 is 0 Å². The second-order valence-corrected chi connectivity index (χ2v) is 9.18. The average Bonchev–Trinajstić information content (AvgIpc) is 2.84. The van der Waals surface area contributed by atoms with Crippen molar-refractivity contribution in [1.82, 2.24) is 15.5 Å². The summed E-state index contributed by atoms with van der Waals surface area (Å²) in [4.78, 5) is 36.2. The fraction of sp³-hybridized carbons (Fsp3) is 0.423. The summed E-state index contributed by atoms with van der Waals surface area (Å²) >= 11 is 0. The van der Waals surface area contributed by atoms with Crippen molar-refractivity contribution in [3.05, 3.63) is 70.3 Å². The standard InChI is InChI=1S/C24H29N3O2.C2HF3O2/c1-16-3-5-18(6-4-16)24(29)27-11-9-22(10-12-27)26-23(28)19-7-8-20-15-25-17(2)13-21(20)14-19;3-2(4,5)1(6)7/h3-8,14,17,22,25H,9-13,15H2,1-2H3,(H,26,28);(H,6,7). The van der Waals surface area contributed by atoms with Crippen molar-refractivity contribution in [2.45, 2.75) is 57.9 Å². The van der Waals surface area contributed by atoms with Gasteiger partial charge in [0.2, 0.25) is 0 Å². The Hall–Kier alpha value is -3.40. The van der Waals surface area contributed by atoms with Crippen LogP contribution in [0.15, 0.2) is 42.5 Å². The Bertz CT molecular complexity index is 1090. The first kappa shape index (κ1) is 27.2. The zero-order chi connectivity index (χ0) is 26.5. The number of carbonyl (C=O) groups excluding carboxylic acids is 2. The van der Waals surface area contributed by atoms with Gasteiger partial charge in [0.1, 0.15) is 0 Å². The molecule has 2 amide bonds. The minimum absolute atomic E-state index is 0.0118. The van der Waals surface area contributed by atoms with Gasteiger partial charge < -0.3 is 20.6 Å². The molecular formula is C26H30F3N3O4. The van der Waals surface area contributed by atoms with Gasteiger partial charge in [-0.1, -0.05) is 23.8 Å². The molecule has 0 saturated carbocycles. The summed E-state index contributed by atoms with van der Waals surface area (Å²) in [6.45, 7) is 6.39. The molecule has 2 aromatic rings. The van der Waals surface area contributed by atoms with Crippen LogP contribution >= 0.6 is 0 Å². The van der Waals surface area contributed by atoms with Crippen molar-refractivity contribution in [2.24, 2.45) is 0 Å². The number of likely N-dealkylation sites (tertiary alicyclic amines) is 1. The van der Waals surface area contributed by atoms with E-state index in [1.807, 2.05) is 48.2 Å². The van der Waals surface area contributed by atoms with Crippen LogP contribution < -0.4 is 10.6 Å². The topological polar surface area (TPSA) is 98.7 Å². The molecule has 4 rings (SSSR count). The lowest BCUT2D eigenvalue weighted by atomic mass is 9.94. The molecule has 0 spiro atoms. The molecule has 0 bridgehead atoms. The predicted molar refractivity (Wildman–Crippen MR) is 128 cm³/mol. The number of carbonyl (C=O) groups is 3. The molecule has 7 nitrogen and oxygen atoms in total. The normalized spacial score (nSPS) is 17.9. The molecule has 2 heterocycles. The second-order valence-electron chi connectivity index (χ2n) is 9.18. The largest absolute Gasteiger partial charge is 0.490 e. The van der Waals surface area contributed by atoms with Crippen molar-refractivity contribution in [3.8, 4) is 0 Å². The molecule has 194 valence electrons. The van der Waals surface area contributed by atoms with Crippen LogP contribution in [0.3, 0.4) is 0 Å². The highest BCUT2D eigenvalue weighted by molar-refractivity contribution is 5.95. The minimum Gasteiger partial charge on any atom is -0.475 e. The summed E-state index contributed by atoms with van der Waals surface area (Å²) in [7, 11) is 0. The number of hydrogen-bond acceptors (Lipinski definition) is 4. The summed E-state index contributed by atoms with van der Waals surface area (Å²) in [5.74, 6) is -2.69. The van der Waals surface area contributed by atoms with Gasteiger partial charge in [0.05, 0.1) is 0 Å². The van der Waals surface area contributed by atoms with E-state index in [0.717, 1.165) is 42.5 Å². The van der Waals surface area contributed by atoms with E-state index in [0.29, 0.717) is 19.1 Å². The Morgan fingerprint density at radius 1 is 1.00 bits per heavy atom. The van der Waals surface area contributed by atoms with Gasteiger partial charge in [0.15, 0.2) is 0 Å². The number of carboxylic acid groups (broad SMARTS) is 1. The van der Waals surface area contributed by atoms with Gasteiger partial charge in [-0.3, -0.25) is 9.59 Å². The van der Waals surface area contributed by atoms with Crippen molar-refractivity contribution in [1.29, 1.82) is 0 Å². The van der Waals surface area contributed by atoms with Gasteiger partial charge in [-0.05, 0) is 68.5 Å². The third-order valence-electron chi connectivity index (χ3n) is 6.29. The molecule has 36 heavy (non-hydrogen) atoms. The van der Waals surface area contributed by atoms with Crippen LogP contribution in [0.1, 0.15) is 57.2 Å². The zero-order valence-electron chi connectivity index (χ0n) is 20.2. The second kappa shape index (κ2) is 11.6. The Morgan fingerprint density at radius 3 is 2.17 bits per heavy atom. The molecule has 0 radical (unpaired) electrons. The lowest BCUT2D eigenvalue weighted by Crippen LogP contribution is -2.46. The number of alkyl halides is 3. The number of nitrogens with one attached hydrogen (secondary N) is 2. The number of benzene rings is 2. The van der Waals surface area contributed by atoms with Crippen molar-refractivity contribution in [3.63, 3.8) is 0 Å². The molecule has 0 aliphatic carbocycles. The van der Waals surface area contributed by atoms with Gasteiger partial charge in [-0.2, -0.15) is 13.2 Å². The lowest BCUT2D eigenvalue weighted by Gasteiger charge is -2.32. The number of nitrogens with zero attached hydrogens (tertiary/aromatic N) is 1. The van der Waals surface area contributed by atoms with Gasteiger partial charge >= 0.3 is 12.1 Å². The Labute approximate surface area is 207 Å². The van der Waals surface area contributed by atoms with Crippen LogP contribution in [0.5, 0.6) is 0 Å². The minimum atomic E-state index is -5.08. The highest BCUT2D eigenvalue weighted by Gasteiger charge is 2.38. The number of rotatable bonds is 3. The molecule has 1 unspecified atom stereocenters. The molecule has 10 heteroatoms. The summed E-state index contributed by atoms with van der Waals surface area (Å²) in [5, 5.41) is 13.7. The zero-order valence-corrected chi connectivity index (χ0v) is 20.2. The summed E-state index contributed by atoms with van der Waals surface area (Å²) in [6, 6.07) is 14.3. The van der Waals surface area contributed by atoms with Gasteiger partial charge in [-0.15, -0.1) is 0 Å². The van der Waals surface area contributed by atoms with Crippen LogP contribution in [-0.4, -0.2) is 59.1 Å². The fourth-order valence-corrected chi connectivity index (χ4v) is 4.19. The monoisotopic (exact) mass is 505 g/mol. The molecule has 2 aromatic carbocycles. The molecular weight excluding hydrogens is 475 g/mol. The maximum atomic E-state index is 12.7. The summed E-state index contributed by atoms with van der Waals surface area (Å²) in [6.07, 6.45) is -2.56. The third kappa shape index (κ3) is 7.30. The smallest absolute Gasteiger partial charge is 0.475 e. The van der Waals surface area contributed by atoms with Crippen molar-refractivity contribution >= 4 is 17.8 Å². The summed E-state index contributed by atoms with van der Waals surface area (Å²) in [5.41, 5.74) is 5.16. The van der Waals surface area contributed by atoms with E-state index in [1.54, 1.807) is 0 Å². The predicted octanol–water partition coefficient (Wildman–Crippen LogP) is 3.70. The van der Waals surface area contributed by atoms with Crippen molar-refractivity contribution < 1.29 is 32.7 Å².